The predicted octanol–water partition coefficient (Wildman–Crippen LogP) is 5.09. The van der Waals surface area contributed by atoms with Crippen LogP contribution in [0.25, 0.3) is 10.9 Å². The molecule has 1 radical (unpaired) electrons. The molecule has 0 saturated carbocycles. The van der Waals surface area contributed by atoms with Crippen LogP contribution in [0.3, 0.4) is 0 Å². The molecule has 0 amide bonds. The highest BCUT2D eigenvalue weighted by Crippen LogP contribution is 2.35. The van der Waals surface area contributed by atoms with E-state index in [1.807, 2.05) is 108 Å². The highest BCUT2D eigenvalue weighted by molar-refractivity contribution is 6.11. The number of Topliss-reactive ketones (excluding diaryl/α,β-unsaturated/α-hetero) is 2. The molecule has 0 aliphatic heterocycles. The molecule has 0 aliphatic carbocycles. The van der Waals surface area contributed by atoms with Crippen molar-refractivity contribution in [3.63, 3.8) is 0 Å². The van der Waals surface area contributed by atoms with Crippen molar-refractivity contribution >= 4 is 22.5 Å². The van der Waals surface area contributed by atoms with E-state index in [9.17, 15) is 9.59 Å². The first kappa shape index (κ1) is 22.9. The average Bonchev–Trinajstić information content (AvgIpc) is 3.18. The molecule has 1 atom stereocenters. The number of hydrogen-bond acceptors (Lipinski definition) is 4. The molecule has 0 saturated heterocycles. The average molecular weight is 419 g/mol. The van der Waals surface area contributed by atoms with E-state index in [0.717, 1.165) is 22.0 Å². The van der Waals surface area contributed by atoms with E-state index in [4.69, 9.17) is 0 Å². The third kappa shape index (κ3) is 4.63. The zero-order valence-electron chi connectivity index (χ0n) is 19.2. The number of hydrogen-bond donors (Lipinski definition) is 2. The first-order chi connectivity index (χ1) is 14.6. The summed E-state index contributed by atoms with van der Waals surface area (Å²) < 4.78 is 0. The molecule has 0 fully saturated rings. The number of rotatable bonds is 9. The van der Waals surface area contributed by atoms with Crippen LogP contribution in [-0.4, -0.2) is 28.6 Å². The van der Waals surface area contributed by atoms with Gasteiger partial charge in [0.1, 0.15) is 5.54 Å². The number of carbonyl (C=O) groups is 2. The van der Waals surface area contributed by atoms with Crippen LogP contribution < -0.4 is 5.43 Å². The minimum atomic E-state index is -1.03. The van der Waals surface area contributed by atoms with Crippen LogP contribution in [0.1, 0.15) is 56.1 Å². The number of hydrazine groups is 1. The normalized spacial score (nSPS) is 13.8. The van der Waals surface area contributed by atoms with E-state index in [-0.39, 0.29) is 23.4 Å². The van der Waals surface area contributed by atoms with Gasteiger partial charge >= 0.3 is 0 Å². The van der Waals surface area contributed by atoms with Crippen LogP contribution >= 0.6 is 0 Å². The van der Waals surface area contributed by atoms with Crippen molar-refractivity contribution in [3.8, 4) is 0 Å². The van der Waals surface area contributed by atoms with Gasteiger partial charge in [-0.25, -0.2) is 10.4 Å². The van der Waals surface area contributed by atoms with Crippen molar-refractivity contribution in [3.05, 3.63) is 78.0 Å². The monoisotopic (exact) mass is 418 g/mol. The zero-order chi connectivity index (χ0) is 22.8. The smallest absolute Gasteiger partial charge is 0.166 e. The second kappa shape index (κ2) is 9.16. The van der Waals surface area contributed by atoms with Crippen molar-refractivity contribution in [2.75, 3.05) is 7.05 Å². The molecule has 1 heterocycles. The van der Waals surface area contributed by atoms with Crippen molar-refractivity contribution in [2.24, 2.45) is 11.8 Å². The number of carbonyl (C=O) groups excluding carboxylic acids is 2. The van der Waals surface area contributed by atoms with E-state index < -0.39 is 5.54 Å². The topological polar surface area (TPSA) is 65.2 Å². The lowest BCUT2D eigenvalue weighted by Crippen LogP contribution is -2.54. The van der Waals surface area contributed by atoms with Gasteiger partial charge in [0.15, 0.2) is 11.6 Å². The van der Waals surface area contributed by atoms with Gasteiger partial charge in [0, 0.05) is 47.1 Å². The van der Waals surface area contributed by atoms with E-state index in [1.54, 1.807) is 0 Å². The number of nitrogens with zero attached hydrogens (tertiary/aromatic N) is 1. The van der Waals surface area contributed by atoms with Crippen LogP contribution in [0.2, 0.25) is 0 Å². The van der Waals surface area contributed by atoms with Crippen LogP contribution in [0.4, 0.5) is 0 Å². The van der Waals surface area contributed by atoms with Gasteiger partial charge in [-0.1, -0.05) is 70.2 Å². The predicted molar refractivity (Wildman–Crippen MR) is 125 cm³/mol. The lowest BCUT2D eigenvalue weighted by molar-refractivity contribution is -0.130. The Morgan fingerprint density at radius 2 is 1.68 bits per heavy atom. The van der Waals surface area contributed by atoms with E-state index in [1.165, 1.54) is 0 Å². The fraction of sp³-hybridized carbons (Fsp3) is 0.346. The molecule has 163 valence electrons. The lowest BCUT2D eigenvalue weighted by Gasteiger charge is -2.35. The van der Waals surface area contributed by atoms with Gasteiger partial charge in [-0.15, -0.1) is 0 Å². The van der Waals surface area contributed by atoms with Crippen LogP contribution in [0, 0.1) is 18.4 Å². The van der Waals surface area contributed by atoms with Gasteiger partial charge in [0.25, 0.3) is 0 Å². The summed E-state index contributed by atoms with van der Waals surface area (Å²) >= 11 is 0. The van der Waals surface area contributed by atoms with Gasteiger partial charge in [0.2, 0.25) is 0 Å². The number of ketones is 2. The molecule has 5 nitrogen and oxygen atoms in total. The summed E-state index contributed by atoms with van der Waals surface area (Å²) in [6.45, 7) is 11.4. The molecule has 3 aromatic rings. The fourth-order valence-corrected chi connectivity index (χ4v) is 4.07. The van der Waals surface area contributed by atoms with E-state index in [2.05, 4.69) is 10.4 Å². The van der Waals surface area contributed by atoms with Crippen molar-refractivity contribution < 1.29 is 9.59 Å². The summed E-state index contributed by atoms with van der Waals surface area (Å²) in [5.74, 6) is -0.216. The SMILES string of the molecule is CC(C)C(=O)c1cccc2[nH]cc(C(C)(NN(C)[CH]c3ccccc3)C(=O)C(C)C)c12. The molecule has 0 bridgehead atoms. The summed E-state index contributed by atoms with van der Waals surface area (Å²) in [6, 6.07) is 15.6. The third-order valence-electron chi connectivity index (χ3n) is 5.59. The third-order valence-corrected chi connectivity index (χ3v) is 5.59. The highest BCUT2D eigenvalue weighted by Gasteiger charge is 2.40. The molecule has 2 N–H and O–H groups in total. The Kier molecular flexibility index (Phi) is 6.77. The molecule has 31 heavy (non-hydrogen) atoms. The summed E-state index contributed by atoms with van der Waals surface area (Å²) in [6.07, 6.45) is 1.85. The summed E-state index contributed by atoms with van der Waals surface area (Å²) in [4.78, 5) is 29.7. The number of H-pyrrole nitrogens is 1. The molecule has 5 heteroatoms. The second-order valence-corrected chi connectivity index (χ2v) is 8.86. The van der Waals surface area contributed by atoms with Gasteiger partial charge in [0.05, 0.1) is 6.54 Å². The summed E-state index contributed by atoms with van der Waals surface area (Å²) in [5.41, 5.74) is 5.67. The minimum Gasteiger partial charge on any atom is -0.361 e. The van der Waals surface area contributed by atoms with E-state index in [0.29, 0.717) is 5.56 Å². The zero-order valence-corrected chi connectivity index (χ0v) is 19.2. The van der Waals surface area contributed by atoms with Gasteiger partial charge < -0.3 is 4.98 Å². The first-order valence-corrected chi connectivity index (χ1v) is 10.7. The Morgan fingerprint density at radius 3 is 2.29 bits per heavy atom. The maximum atomic E-state index is 13.5. The number of aromatic amines is 1. The highest BCUT2D eigenvalue weighted by atomic mass is 16.1. The molecular weight excluding hydrogens is 386 g/mol. The van der Waals surface area contributed by atoms with Gasteiger partial charge in [-0.05, 0) is 18.6 Å². The number of benzene rings is 2. The molecule has 1 unspecified atom stereocenters. The van der Waals surface area contributed by atoms with Crippen LogP contribution in [0.15, 0.2) is 54.7 Å². The van der Waals surface area contributed by atoms with Gasteiger partial charge in [-0.3, -0.25) is 9.59 Å². The number of aromatic nitrogens is 1. The van der Waals surface area contributed by atoms with Gasteiger partial charge in [-0.2, -0.15) is 0 Å². The van der Waals surface area contributed by atoms with Crippen LogP contribution in [0.5, 0.6) is 0 Å². The summed E-state index contributed by atoms with van der Waals surface area (Å²) in [5, 5.41) is 2.62. The maximum absolute atomic E-state index is 13.5. The van der Waals surface area contributed by atoms with E-state index >= 15 is 0 Å². The fourth-order valence-electron chi connectivity index (χ4n) is 4.07. The molecule has 0 spiro atoms. The number of nitrogens with one attached hydrogen (secondary N) is 2. The maximum Gasteiger partial charge on any atom is 0.166 e. The molecule has 3 rings (SSSR count). The standard InChI is InChI=1S/C26H32N3O2/c1-17(2)24(30)20-13-10-14-22-23(20)21(15-27-22)26(5,25(31)18(3)4)28-29(6)16-19-11-8-7-9-12-19/h7-18,27-28H,1-6H3. The largest absolute Gasteiger partial charge is 0.361 e. The molecule has 2 aromatic carbocycles. The Bertz CT molecular complexity index is 1070. The van der Waals surface area contributed by atoms with Crippen molar-refractivity contribution in [1.29, 1.82) is 0 Å². The minimum absolute atomic E-state index is 0.0495. The first-order valence-electron chi connectivity index (χ1n) is 10.7. The number of fused-ring (bicyclic) bond motifs is 1. The van der Waals surface area contributed by atoms with Crippen molar-refractivity contribution in [2.45, 2.75) is 40.2 Å². The Morgan fingerprint density at radius 1 is 1.00 bits per heavy atom. The Hall–Kier alpha value is -2.76. The van der Waals surface area contributed by atoms with Crippen molar-refractivity contribution in [1.82, 2.24) is 15.4 Å². The molecule has 1 aromatic heterocycles. The Labute approximate surface area is 184 Å². The quantitative estimate of drug-likeness (QED) is 0.375. The second-order valence-electron chi connectivity index (χ2n) is 8.86. The Balaban J connectivity index is 2.09. The molecular formula is C26H32N3O2. The van der Waals surface area contributed by atoms with Crippen LogP contribution in [-0.2, 0) is 10.3 Å². The lowest BCUT2D eigenvalue weighted by atomic mass is 9.81. The molecule has 0 aliphatic rings. The summed E-state index contributed by atoms with van der Waals surface area (Å²) in [7, 11) is 1.88.